The molecule has 13 heavy (non-hydrogen) atoms. The van der Waals surface area contributed by atoms with Crippen molar-refractivity contribution in [3.05, 3.63) is 28.4 Å². The minimum atomic E-state index is -1.02. The fourth-order valence-electron chi connectivity index (χ4n) is 1.02. The molecule has 5 heteroatoms. The molecule has 0 saturated heterocycles. The molecule has 0 aliphatic carbocycles. The Morgan fingerprint density at radius 2 is 2.31 bits per heavy atom. The lowest BCUT2D eigenvalue weighted by atomic mass is 10.3. The van der Waals surface area contributed by atoms with E-state index in [2.05, 4.69) is 4.98 Å². The maximum absolute atomic E-state index is 10.6. The van der Waals surface area contributed by atoms with Crippen LogP contribution in [0.4, 0.5) is 0 Å². The van der Waals surface area contributed by atoms with Crippen molar-refractivity contribution in [2.75, 3.05) is 0 Å². The zero-order valence-electron chi connectivity index (χ0n) is 6.32. The molecule has 0 spiro atoms. The van der Waals surface area contributed by atoms with E-state index in [1.807, 2.05) is 0 Å². The quantitative estimate of drug-likeness (QED) is 0.792. The predicted octanol–water partition coefficient (Wildman–Crippen LogP) is 2.65. The van der Waals surface area contributed by atoms with Crippen LogP contribution in [0.25, 0.3) is 10.1 Å². The summed E-state index contributed by atoms with van der Waals surface area (Å²) in [6, 6.07) is 3.29. The number of carbonyl (C=O) groups is 1. The highest BCUT2D eigenvalue weighted by atomic mass is 35.5. The maximum atomic E-state index is 10.6. The molecule has 0 saturated carbocycles. The van der Waals surface area contributed by atoms with Gasteiger partial charge in [0.05, 0.1) is 4.34 Å². The van der Waals surface area contributed by atoms with Gasteiger partial charge in [0.1, 0.15) is 5.69 Å². The summed E-state index contributed by atoms with van der Waals surface area (Å²) >= 11 is 7.10. The standard InChI is InChI=1S/C8H4ClNO2S/c9-7-1-4-3-10-5(8(11)12)2-6(4)13-7/h1-3H,(H,11,12). The van der Waals surface area contributed by atoms with Crippen LogP contribution >= 0.6 is 22.9 Å². The smallest absolute Gasteiger partial charge is 0.354 e. The summed E-state index contributed by atoms with van der Waals surface area (Å²) in [6.45, 7) is 0. The van der Waals surface area contributed by atoms with Gasteiger partial charge in [-0.3, -0.25) is 0 Å². The number of rotatable bonds is 1. The van der Waals surface area contributed by atoms with Gasteiger partial charge in [0, 0.05) is 16.3 Å². The lowest BCUT2D eigenvalue weighted by molar-refractivity contribution is 0.0691. The van der Waals surface area contributed by atoms with Gasteiger partial charge in [-0.25, -0.2) is 9.78 Å². The van der Waals surface area contributed by atoms with Gasteiger partial charge >= 0.3 is 5.97 Å². The zero-order chi connectivity index (χ0) is 9.42. The second kappa shape index (κ2) is 2.97. The number of pyridine rings is 1. The molecule has 0 aliphatic heterocycles. The first kappa shape index (κ1) is 8.47. The number of thiophene rings is 1. The molecule has 0 bridgehead atoms. The summed E-state index contributed by atoms with van der Waals surface area (Å²) in [5.74, 6) is -1.02. The van der Waals surface area contributed by atoms with Crippen LogP contribution in [0.1, 0.15) is 10.5 Å². The average Bonchev–Trinajstić information content (AvgIpc) is 2.42. The first-order valence-corrected chi connectivity index (χ1v) is 4.64. The lowest BCUT2D eigenvalue weighted by Gasteiger charge is -1.91. The fraction of sp³-hybridized carbons (Fsp3) is 0. The van der Waals surface area contributed by atoms with Crippen LogP contribution in [0, 0.1) is 0 Å². The summed E-state index contributed by atoms with van der Waals surface area (Å²) in [6.07, 6.45) is 1.52. The summed E-state index contributed by atoms with van der Waals surface area (Å²) in [5.41, 5.74) is 0.0472. The van der Waals surface area contributed by atoms with Crippen molar-refractivity contribution in [2.24, 2.45) is 0 Å². The minimum absolute atomic E-state index is 0.0472. The number of aromatic nitrogens is 1. The highest BCUT2D eigenvalue weighted by Crippen LogP contribution is 2.28. The fourth-order valence-corrected chi connectivity index (χ4v) is 2.18. The molecule has 0 amide bonds. The van der Waals surface area contributed by atoms with Crippen molar-refractivity contribution in [3.63, 3.8) is 0 Å². The molecule has 0 aromatic carbocycles. The molecule has 1 N–H and O–H groups in total. The molecule has 0 radical (unpaired) electrons. The molecule has 0 atom stereocenters. The second-order valence-corrected chi connectivity index (χ2v) is 4.18. The predicted molar refractivity (Wildman–Crippen MR) is 51.6 cm³/mol. The highest BCUT2D eigenvalue weighted by Gasteiger charge is 2.07. The molecular formula is C8H4ClNO2S. The van der Waals surface area contributed by atoms with Crippen molar-refractivity contribution in [1.29, 1.82) is 0 Å². The molecule has 0 unspecified atom stereocenters. The maximum Gasteiger partial charge on any atom is 0.354 e. The van der Waals surface area contributed by atoms with Gasteiger partial charge in [-0.1, -0.05) is 11.6 Å². The monoisotopic (exact) mass is 213 g/mol. The van der Waals surface area contributed by atoms with Crippen LogP contribution in [-0.4, -0.2) is 16.1 Å². The van der Waals surface area contributed by atoms with Crippen molar-refractivity contribution >= 4 is 39.0 Å². The van der Waals surface area contributed by atoms with E-state index in [0.29, 0.717) is 4.34 Å². The Morgan fingerprint density at radius 1 is 1.54 bits per heavy atom. The van der Waals surface area contributed by atoms with Crippen LogP contribution in [0.5, 0.6) is 0 Å². The molecule has 2 heterocycles. The largest absolute Gasteiger partial charge is 0.477 e. The molecular weight excluding hydrogens is 210 g/mol. The Balaban J connectivity index is 2.67. The highest BCUT2D eigenvalue weighted by molar-refractivity contribution is 7.22. The van der Waals surface area contributed by atoms with Crippen LogP contribution in [0.2, 0.25) is 4.34 Å². The third kappa shape index (κ3) is 1.50. The Kier molecular flexibility index (Phi) is 1.94. The molecule has 0 fully saturated rings. The number of halogens is 1. The number of hydrogen-bond donors (Lipinski definition) is 1. The van der Waals surface area contributed by atoms with Crippen LogP contribution < -0.4 is 0 Å². The van der Waals surface area contributed by atoms with Gasteiger partial charge in [-0.2, -0.15) is 0 Å². The van der Waals surface area contributed by atoms with Crippen molar-refractivity contribution in [3.8, 4) is 0 Å². The Morgan fingerprint density at radius 3 is 3.00 bits per heavy atom. The third-order valence-corrected chi connectivity index (χ3v) is 2.82. The first-order valence-electron chi connectivity index (χ1n) is 3.45. The average molecular weight is 214 g/mol. The van der Waals surface area contributed by atoms with Gasteiger partial charge in [-0.05, 0) is 12.1 Å². The van der Waals surface area contributed by atoms with E-state index in [9.17, 15) is 4.79 Å². The Labute approximate surface area is 82.6 Å². The molecule has 2 aromatic rings. The van der Waals surface area contributed by atoms with Crippen molar-refractivity contribution < 1.29 is 9.90 Å². The van der Waals surface area contributed by atoms with Gasteiger partial charge < -0.3 is 5.11 Å². The summed E-state index contributed by atoms with van der Waals surface area (Å²) in [4.78, 5) is 14.3. The molecule has 66 valence electrons. The van der Waals surface area contributed by atoms with E-state index in [4.69, 9.17) is 16.7 Å². The second-order valence-electron chi connectivity index (χ2n) is 2.46. The third-order valence-electron chi connectivity index (χ3n) is 1.59. The van der Waals surface area contributed by atoms with E-state index in [1.54, 1.807) is 6.07 Å². The van der Waals surface area contributed by atoms with Crippen molar-refractivity contribution in [2.45, 2.75) is 0 Å². The van der Waals surface area contributed by atoms with Gasteiger partial charge in [0.2, 0.25) is 0 Å². The number of fused-ring (bicyclic) bond motifs is 1. The SMILES string of the molecule is O=C(O)c1cc2sc(Cl)cc2cn1. The van der Waals surface area contributed by atoms with E-state index in [-0.39, 0.29) is 5.69 Å². The number of carboxylic acid groups (broad SMARTS) is 1. The van der Waals surface area contributed by atoms with Gasteiger partial charge in [0.15, 0.2) is 0 Å². The molecule has 2 rings (SSSR count). The van der Waals surface area contributed by atoms with Gasteiger partial charge in [-0.15, -0.1) is 11.3 Å². The molecule has 0 aliphatic rings. The first-order chi connectivity index (χ1) is 6.16. The zero-order valence-corrected chi connectivity index (χ0v) is 7.89. The van der Waals surface area contributed by atoms with Crippen LogP contribution in [-0.2, 0) is 0 Å². The summed E-state index contributed by atoms with van der Waals surface area (Å²) in [5, 5.41) is 9.54. The Bertz CT molecular complexity index is 480. The lowest BCUT2D eigenvalue weighted by Crippen LogP contribution is -1.98. The van der Waals surface area contributed by atoms with Gasteiger partial charge in [0.25, 0.3) is 0 Å². The van der Waals surface area contributed by atoms with Crippen LogP contribution in [0.3, 0.4) is 0 Å². The van der Waals surface area contributed by atoms with E-state index < -0.39 is 5.97 Å². The number of carboxylic acids is 1. The summed E-state index contributed by atoms with van der Waals surface area (Å²) in [7, 11) is 0. The van der Waals surface area contributed by atoms with Crippen molar-refractivity contribution in [1.82, 2.24) is 4.98 Å². The van der Waals surface area contributed by atoms with E-state index >= 15 is 0 Å². The van der Waals surface area contributed by atoms with E-state index in [0.717, 1.165) is 10.1 Å². The normalized spacial score (nSPS) is 10.5. The number of hydrogen-bond acceptors (Lipinski definition) is 3. The van der Waals surface area contributed by atoms with E-state index in [1.165, 1.54) is 23.6 Å². The summed E-state index contributed by atoms with van der Waals surface area (Å²) < 4.78 is 1.48. The number of nitrogens with zero attached hydrogens (tertiary/aromatic N) is 1. The minimum Gasteiger partial charge on any atom is -0.477 e. The Hall–Kier alpha value is -1.13. The molecule has 2 aromatic heterocycles. The molecule has 3 nitrogen and oxygen atoms in total. The number of aromatic carboxylic acids is 1. The topological polar surface area (TPSA) is 50.2 Å². The van der Waals surface area contributed by atoms with Crippen LogP contribution in [0.15, 0.2) is 18.3 Å².